The van der Waals surface area contributed by atoms with Gasteiger partial charge in [0.25, 0.3) is 5.91 Å². The minimum atomic E-state index is -1.09. The van der Waals surface area contributed by atoms with Crippen LogP contribution in [0, 0.1) is 11.3 Å². The van der Waals surface area contributed by atoms with Crippen molar-refractivity contribution in [2.75, 3.05) is 28.6 Å². The first-order valence-electron chi connectivity index (χ1n) is 9.43. The first-order chi connectivity index (χ1) is 14.1. The maximum Gasteiger partial charge on any atom is 0.335 e. The normalized spacial score (nSPS) is 14.0. The fraction of sp³-hybridized carbons (Fsp3) is 0.227. The number of carbonyl (C=O) groups is 2. The van der Waals surface area contributed by atoms with E-state index >= 15 is 0 Å². The average Bonchev–Trinajstić information content (AvgIpc) is 2.75. The molecular formula is C22H22N4O3. The van der Waals surface area contributed by atoms with Crippen LogP contribution in [0.25, 0.3) is 0 Å². The minimum absolute atomic E-state index is 0.0530. The fourth-order valence-electron chi connectivity index (χ4n) is 3.15. The van der Waals surface area contributed by atoms with Crippen LogP contribution in [0.4, 0.5) is 17.1 Å². The van der Waals surface area contributed by atoms with Gasteiger partial charge in [0.2, 0.25) is 0 Å². The molecule has 0 aliphatic carbocycles. The highest BCUT2D eigenvalue weighted by Crippen LogP contribution is 2.22. The van der Waals surface area contributed by atoms with Gasteiger partial charge in [-0.15, -0.1) is 0 Å². The summed E-state index contributed by atoms with van der Waals surface area (Å²) in [6.45, 7) is 2.13. The van der Waals surface area contributed by atoms with Crippen molar-refractivity contribution in [3.63, 3.8) is 0 Å². The largest absolute Gasteiger partial charge is 0.478 e. The lowest BCUT2D eigenvalue weighted by atomic mass is 10.1. The second kappa shape index (κ2) is 9.42. The lowest BCUT2D eigenvalue weighted by molar-refractivity contribution is -0.112. The summed E-state index contributed by atoms with van der Waals surface area (Å²) in [6, 6.07) is 15.6. The summed E-state index contributed by atoms with van der Waals surface area (Å²) in [4.78, 5) is 25.7. The van der Waals surface area contributed by atoms with Crippen molar-refractivity contribution in [2.24, 2.45) is 0 Å². The number of aromatic carboxylic acids is 1. The molecule has 0 atom stereocenters. The van der Waals surface area contributed by atoms with Gasteiger partial charge in [-0.3, -0.25) is 4.79 Å². The average molecular weight is 390 g/mol. The number of benzene rings is 2. The van der Waals surface area contributed by atoms with E-state index in [0.717, 1.165) is 24.5 Å². The molecule has 2 aromatic rings. The third-order valence-electron chi connectivity index (χ3n) is 4.70. The van der Waals surface area contributed by atoms with Crippen LogP contribution in [-0.2, 0) is 4.79 Å². The molecule has 0 bridgehead atoms. The van der Waals surface area contributed by atoms with Gasteiger partial charge in [-0.05, 0) is 61.7 Å². The molecule has 1 saturated heterocycles. The quantitative estimate of drug-likeness (QED) is 0.511. The Morgan fingerprint density at radius 2 is 1.76 bits per heavy atom. The second-order valence-electron chi connectivity index (χ2n) is 6.75. The van der Waals surface area contributed by atoms with Crippen LogP contribution in [0.2, 0.25) is 0 Å². The number of nitrogens with zero attached hydrogens (tertiary/aromatic N) is 2. The second-order valence-corrected chi connectivity index (χ2v) is 6.75. The molecule has 29 heavy (non-hydrogen) atoms. The molecule has 1 amide bonds. The van der Waals surface area contributed by atoms with Gasteiger partial charge in [0, 0.05) is 36.4 Å². The van der Waals surface area contributed by atoms with Crippen molar-refractivity contribution < 1.29 is 14.7 Å². The van der Waals surface area contributed by atoms with Gasteiger partial charge in [0.15, 0.2) is 0 Å². The number of rotatable bonds is 6. The third kappa shape index (κ3) is 5.36. The topological polar surface area (TPSA) is 105 Å². The Bertz CT molecular complexity index is 955. The number of hydrogen-bond donors (Lipinski definition) is 3. The molecule has 0 saturated carbocycles. The predicted octanol–water partition coefficient (Wildman–Crippen LogP) is 3.83. The van der Waals surface area contributed by atoms with E-state index < -0.39 is 11.9 Å². The molecule has 1 heterocycles. The van der Waals surface area contributed by atoms with E-state index in [0.29, 0.717) is 5.69 Å². The number of carbonyl (C=O) groups excluding carboxylic acids is 1. The molecule has 0 radical (unpaired) electrons. The Morgan fingerprint density at radius 3 is 2.41 bits per heavy atom. The molecular weight excluding hydrogens is 368 g/mol. The third-order valence-corrected chi connectivity index (χ3v) is 4.70. The predicted molar refractivity (Wildman–Crippen MR) is 112 cm³/mol. The van der Waals surface area contributed by atoms with Crippen LogP contribution in [0.15, 0.2) is 60.3 Å². The zero-order chi connectivity index (χ0) is 20.6. The maximum atomic E-state index is 12.3. The van der Waals surface area contributed by atoms with Crippen LogP contribution < -0.4 is 15.5 Å². The summed E-state index contributed by atoms with van der Waals surface area (Å²) in [5.74, 6) is -1.71. The Labute approximate surface area is 169 Å². The number of piperidine rings is 1. The highest BCUT2D eigenvalue weighted by Gasteiger charge is 2.12. The van der Waals surface area contributed by atoms with Crippen molar-refractivity contribution in [3.8, 4) is 6.07 Å². The number of carboxylic acid groups (broad SMARTS) is 1. The van der Waals surface area contributed by atoms with Gasteiger partial charge >= 0.3 is 5.97 Å². The summed E-state index contributed by atoms with van der Waals surface area (Å²) in [5.41, 5.74) is 2.17. The van der Waals surface area contributed by atoms with E-state index in [1.54, 1.807) is 6.07 Å². The van der Waals surface area contributed by atoms with E-state index in [4.69, 9.17) is 5.11 Å². The van der Waals surface area contributed by atoms with Crippen LogP contribution >= 0.6 is 0 Å². The SMILES string of the molecule is N#C/C(=C/Nc1ccc(N2CCCCC2)cc1)C(=O)Nc1cccc(C(=O)O)c1. The van der Waals surface area contributed by atoms with Crippen LogP contribution in [0.5, 0.6) is 0 Å². The summed E-state index contributed by atoms with van der Waals surface area (Å²) >= 11 is 0. The number of hydrogen-bond acceptors (Lipinski definition) is 5. The molecule has 1 aliphatic rings. The minimum Gasteiger partial charge on any atom is -0.478 e. The number of amides is 1. The standard InChI is InChI=1S/C22H22N4O3/c23-14-17(21(27)25-19-6-4-5-16(13-19)22(28)29)15-24-18-7-9-20(10-8-18)26-11-2-1-3-12-26/h4-10,13,15,24H,1-3,11-12H2,(H,25,27)(H,28,29)/b17-15-. The van der Waals surface area contributed by atoms with Gasteiger partial charge in [-0.1, -0.05) is 6.07 Å². The zero-order valence-corrected chi connectivity index (χ0v) is 15.9. The van der Waals surface area contributed by atoms with Crippen LogP contribution in [0.3, 0.4) is 0 Å². The molecule has 7 heteroatoms. The summed E-state index contributed by atoms with van der Waals surface area (Å²) < 4.78 is 0. The Morgan fingerprint density at radius 1 is 1.03 bits per heavy atom. The van der Waals surface area contributed by atoms with Crippen molar-refractivity contribution >= 4 is 28.9 Å². The number of nitrogens with one attached hydrogen (secondary N) is 2. The Balaban J connectivity index is 1.63. The fourth-order valence-corrected chi connectivity index (χ4v) is 3.15. The van der Waals surface area contributed by atoms with E-state index in [1.807, 2.05) is 30.3 Å². The van der Waals surface area contributed by atoms with Crippen LogP contribution in [-0.4, -0.2) is 30.1 Å². The Kier molecular flexibility index (Phi) is 6.48. The molecule has 3 rings (SSSR count). The zero-order valence-electron chi connectivity index (χ0n) is 15.9. The van der Waals surface area contributed by atoms with Gasteiger partial charge in [0.05, 0.1) is 5.56 Å². The number of anilines is 3. The van der Waals surface area contributed by atoms with Gasteiger partial charge in [0.1, 0.15) is 11.6 Å². The van der Waals surface area contributed by atoms with Crippen molar-refractivity contribution in [1.29, 1.82) is 5.26 Å². The van der Waals surface area contributed by atoms with E-state index in [-0.39, 0.29) is 11.1 Å². The lowest BCUT2D eigenvalue weighted by Gasteiger charge is -2.28. The van der Waals surface area contributed by atoms with E-state index in [2.05, 4.69) is 15.5 Å². The molecule has 2 aromatic carbocycles. The van der Waals surface area contributed by atoms with Crippen LogP contribution in [0.1, 0.15) is 29.6 Å². The van der Waals surface area contributed by atoms with Crippen molar-refractivity contribution in [3.05, 3.63) is 65.9 Å². The highest BCUT2D eigenvalue weighted by atomic mass is 16.4. The Hall–Kier alpha value is -3.79. The molecule has 7 nitrogen and oxygen atoms in total. The number of nitriles is 1. The number of carboxylic acids is 1. The molecule has 0 spiro atoms. The van der Waals surface area contributed by atoms with E-state index in [9.17, 15) is 14.9 Å². The molecule has 0 unspecified atom stereocenters. The molecule has 1 fully saturated rings. The maximum absolute atomic E-state index is 12.3. The highest BCUT2D eigenvalue weighted by molar-refractivity contribution is 6.07. The first-order valence-corrected chi connectivity index (χ1v) is 9.43. The molecule has 148 valence electrons. The summed E-state index contributed by atoms with van der Waals surface area (Å²) in [6.07, 6.45) is 5.03. The monoisotopic (exact) mass is 390 g/mol. The van der Waals surface area contributed by atoms with Gasteiger partial charge in [-0.25, -0.2) is 4.79 Å². The summed E-state index contributed by atoms with van der Waals surface area (Å²) in [7, 11) is 0. The van der Waals surface area contributed by atoms with Crippen molar-refractivity contribution in [2.45, 2.75) is 19.3 Å². The molecule has 3 N–H and O–H groups in total. The molecule has 1 aliphatic heterocycles. The molecule has 0 aromatic heterocycles. The summed E-state index contributed by atoms with van der Waals surface area (Å²) in [5, 5.41) is 23.8. The van der Waals surface area contributed by atoms with Gasteiger partial charge < -0.3 is 20.6 Å². The van der Waals surface area contributed by atoms with Crippen molar-refractivity contribution in [1.82, 2.24) is 0 Å². The van der Waals surface area contributed by atoms with E-state index in [1.165, 1.54) is 43.7 Å². The lowest BCUT2D eigenvalue weighted by Crippen LogP contribution is -2.29. The van der Waals surface area contributed by atoms with Gasteiger partial charge in [-0.2, -0.15) is 5.26 Å². The smallest absolute Gasteiger partial charge is 0.335 e. The first kappa shape index (κ1) is 20.0.